The van der Waals surface area contributed by atoms with Gasteiger partial charge in [-0.05, 0) is 50.9 Å². The summed E-state index contributed by atoms with van der Waals surface area (Å²) in [7, 11) is 6.25. The Morgan fingerprint density at radius 1 is 1.40 bits per heavy atom. The Morgan fingerprint density at radius 3 is 2.60 bits per heavy atom. The molecule has 20 heavy (non-hydrogen) atoms. The number of ether oxygens (including phenoxy) is 1. The van der Waals surface area contributed by atoms with Crippen LogP contribution in [0.4, 0.5) is 4.79 Å². The third kappa shape index (κ3) is 2.83. The van der Waals surface area contributed by atoms with Gasteiger partial charge in [0.1, 0.15) is 5.60 Å². The summed E-state index contributed by atoms with van der Waals surface area (Å²) in [5, 5.41) is 8.90. The first-order valence-electron chi connectivity index (χ1n) is 7.83. The third-order valence-electron chi connectivity index (χ3n) is 5.41. The van der Waals surface area contributed by atoms with Crippen LogP contribution in [-0.2, 0) is 4.74 Å². The summed E-state index contributed by atoms with van der Waals surface area (Å²) in [6.45, 7) is 3.74. The van der Waals surface area contributed by atoms with Crippen LogP contribution < -0.4 is 0 Å². The van der Waals surface area contributed by atoms with E-state index >= 15 is 0 Å². The SMILES string of the molecule is [B]C1(CCO)CC1C1CCN(C(=O)OC2(C)CC2)CC1. The van der Waals surface area contributed by atoms with Crippen molar-refractivity contribution in [2.24, 2.45) is 11.8 Å². The van der Waals surface area contributed by atoms with Crippen molar-refractivity contribution in [3.8, 4) is 0 Å². The summed E-state index contributed by atoms with van der Waals surface area (Å²) in [4.78, 5) is 13.9. The van der Waals surface area contributed by atoms with E-state index in [0.29, 0.717) is 18.3 Å². The molecule has 0 spiro atoms. The summed E-state index contributed by atoms with van der Waals surface area (Å²) in [6, 6.07) is 0. The molecule has 2 unspecified atom stereocenters. The zero-order valence-electron chi connectivity index (χ0n) is 12.3. The number of hydrogen-bond donors (Lipinski definition) is 1. The van der Waals surface area contributed by atoms with Crippen molar-refractivity contribution >= 4 is 13.9 Å². The number of carbonyl (C=O) groups excluding carboxylic acids is 1. The van der Waals surface area contributed by atoms with E-state index < -0.39 is 0 Å². The fourth-order valence-electron chi connectivity index (χ4n) is 3.52. The largest absolute Gasteiger partial charge is 0.443 e. The van der Waals surface area contributed by atoms with Crippen LogP contribution in [0, 0.1) is 11.8 Å². The van der Waals surface area contributed by atoms with Crippen LogP contribution in [0.5, 0.6) is 0 Å². The Bertz CT molecular complexity index is 391. The smallest absolute Gasteiger partial charge is 0.410 e. The van der Waals surface area contributed by atoms with E-state index in [1.54, 1.807) is 0 Å². The highest BCUT2D eigenvalue weighted by atomic mass is 16.6. The van der Waals surface area contributed by atoms with Gasteiger partial charge in [-0.25, -0.2) is 4.79 Å². The number of aliphatic hydroxyl groups is 1. The second-order valence-corrected chi connectivity index (χ2v) is 7.16. The quantitative estimate of drug-likeness (QED) is 0.801. The van der Waals surface area contributed by atoms with Gasteiger partial charge in [0.25, 0.3) is 0 Å². The molecule has 2 saturated carbocycles. The molecule has 0 aromatic carbocycles. The minimum atomic E-state index is -0.183. The predicted octanol–water partition coefficient (Wildman–Crippen LogP) is 2.12. The zero-order chi connectivity index (χ0) is 14.4. The lowest BCUT2D eigenvalue weighted by molar-refractivity contribution is 0.0474. The van der Waals surface area contributed by atoms with E-state index in [1.807, 2.05) is 11.8 Å². The summed E-state index contributed by atoms with van der Waals surface area (Å²) in [5.74, 6) is 1.14. The predicted molar refractivity (Wildman–Crippen MR) is 76.7 cm³/mol. The number of nitrogens with zero attached hydrogens (tertiary/aromatic N) is 1. The molecule has 0 bridgehead atoms. The molecule has 2 radical (unpaired) electrons. The first-order valence-corrected chi connectivity index (χ1v) is 7.83. The molecule has 1 heterocycles. The van der Waals surface area contributed by atoms with E-state index in [1.165, 1.54) is 0 Å². The summed E-state index contributed by atoms with van der Waals surface area (Å²) < 4.78 is 5.51. The van der Waals surface area contributed by atoms with Crippen molar-refractivity contribution in [2.45, 2.75) is 56.4 Å². The Labute approximate surface area is 122 Å². The van der Waals surface area contributed by atoms with Crippen LogP contribution in [0.15, 0.2) is 0 Å². The van der Waals surface area contributed by atoms with Gasteiger partial charge in [-0.3, -0.25) is 0 Å². The molecule has 2 atom stereocenters. The van der Waals surface area contributed by atoms with Gasteiger partial charge >= 0.3 is 6.09 Å². The zero-order valence-corrected chi connectivity index (χ0v) is 12.3. The van der Waals surface area contributed by atoms with Crippen LogP contribution in [-0.4, -0.2) is 49.2 Å². The molecule has 110 valence electrons. The van der Waals surface area contributed by atoms with Crippen LogP contribution in [0.1, 0.15) is 45.4 Å². The highest BCUT2D eigenvalue weighted by molar-refractivity contribution is 6.17. The lowest BCUT2D eigenvalue weighted by Gasteiger charge is -2.33. The van der Waals surface area contributed by atoms with Gasteiger partial charge in [-0.1, -0.05) is 11.7 Å². The lowest BCUT2D eigenvalue weighted by Crippen LogP contribution is -2.41. The van der Waals surface area contributed by atoms with Gasteiger partial charge in [0.15, 0.2) is 0 Å². The van der Waals surface area contributed by atoms with Gasteiger partial charge in [-0.15, -0.1) is 0 Å². The number of rotatable bonds is 4. The van der Waals surface area contributed by atoms with Crippen LogP contribution in [0.2, 0.25) is 5.31 Å². The number of aliphatic hydroxyl groups excluding tert-OH is 1. The van der Waals surface area contributed by atoms with E-state index in [0.717, 1.165) is 45.2 Å². The fourth-order valence-corrected chi connectivity index (χ4v) is 3.52. The Morgan fingerprint density at radius 2 is 2.05 bits per heavy atom. The monoisotopic (exact) mass is 277 g/mol. The van der Waals surface area contributed by atoms with E-state index in [-0.39, 0.29) is 23.6 Å². The number of hydrogen-bond acceptors (Lipinski definition) is 3. The van der Waals surface area contributed by atoms with E-state index in [9.17, 15) is 4.79 Å². The van der Waals surface area contributed by atoms with E-state index in [4.69, 9.17) is 17.7 Å². The maximum atomic E-state index is 12.0. The van der Waals surface area contributed by atoms with Crippen molar-refractivity contribution in [2.75, 3.05) is 19.7 Å². The first kappa shape index (κ1) is 14.2. The number of carbonyl (C=O) groups is 1. The Balaban J connectivity index is 1.44. The van der Waals surface area contributed by atoms with Crippen LogP contribution >= 0.6 is 0 Å². The highest BCUT2D eigenvalue weighted by Gasteiger charge is 2.52. The standard InChI is InChI=1S/C15H24BNO3/c1-14(4-5-14)20-13(19)17-7-2-11(3-8-17)12-10-15(12,16)6-9-18/h11-12,18H,2-10H2,1H3. The normalized spacial score (nSPS) is 35.7. The summed E-state index contributed by atoms with van der Waals surface area (Å²) >= 11 is 0. The second-order valence-electron chi connectivity index (χ2n) is 7.16. The molecule has 5 heteroatoms. The Kier molecular flexibility index (Phi) is 3.52. The van der Waals surface area contributed by atoms with Gasteiger partial charge in [0.2, 0.25) is 0 Å². The lowest BCUT2D eigenvalue weighted by atomic mass is 9.74. The summed E-state index contributed by atoms with van der Waals surface area (Å²) in [6.07, 6.45) is 5.61. The van der Waals surface area contributed by atoms with Crippen molar-refractivity contribution in [1.29, 1.82) is 0 Å². The second kappa shape index (κ2) is 4.94. The highest BCUT2D eigenvalue weighted by Crippen LogP contribution is 2.64. The molecular formula is C15H24BNO3. The molecule has 3 rings (SSSR count). The van der Waals surface area contributed by atoms with Gasteiger partial charge < -0.3 is 14.7 Å². The number of piperidine rings is 1. The Hall–Kier alpha value is -0.705. The maximum absolute atomic E-state index is 12.0. The molecule has 1 N–H and O–H groups in total. The molecule has 0 aromatic heterocycles. The summed E-state index contributed by atoms with van der Waals surface area (Å²) in [5.41, 5.74) is -0.183. The maximum Gasteiger partial charge on any atom is 0.410 e. The van der Waals surface area contributed by atoms with Gasteiger partial charge in [0.05, 0.1) is 7.85 Å². The number of likely N-dealkylation sites (tertiary alicyclic amines) is 1. The molecule has 1 amide bonds. The average molecular weight is 277 g/mol. The molecule has 3 aliphatic rings. The molecule has 0 aromatic rings. The fraction of sp³-hybridized carbons (Fsp3) is 0.933. The molecule has 2 aliphatic carbocycles. The van der Waals surface area contributed by atoms with Crippen molar-refractivity contribution < 1.29 is 14.6 Å². The van der Waals surface area contributed by atoms with Crippen molar-refractivity contribution in [1.82, 2.24) is 4.90 Å². The first-order chi connectivity index (χ1) is 9.46. The van der Waals surface area contributed by atoms with Gasteiger partial charge in [0, 0.05) is 19.7 Å². The molecule has 4 nitrogen and oxygen atoms in total. The average Bonchev–Trinajstić information content (AvgIpc) is 3.29. The van der Waals surface area contributed by atoms with E-state index in [2.05, 4.69) is 0 Å². The van der Waals surface area contributed by atoms with Crippen molar-refractivity contribution in [3.05, 3.63) is 0 Å². The molecule has 3 fully saturated rings. The van der Waals surface area contributed by atoms with Crippen LogP contribution in [0.25, 0.3) is 0 Å². The topological polar surface area (TPSA) is 49.8 Å². The number of amides is 1. The molecule has 1 aliphatic heterocycles. The molecule has 1 saturated heterocycles. The third-order valence-corrected chi connectivity index (χ3v) is 5.41. The minimum Gasteiger partial charge on any atom is -0.443 e. The minimum absolute atomic E-state index is 0.135. The van der Waals surface area contributed by atoms with Gasteiger partial charge in [-0.2, -0.15) is 0 Å². The van der Waals surface area contributed by atoms with Crippen molar-refractivity contribution in [3.63, 3.8) is 0 Å². The van der Waals surface area contributed by atoms with Crippen LogP contribution in [0.3, 0.4) is 0 Å². The molecular weight excluding hydrogens is 253 g/mol.